The van der Waals surface area contributed by atoms with E-state index in [1.54, 1.807) is 0 Å². The van der Waals surface area contributed by atoms with E-state index >= 15 is 0 Å². The molecule has 2 fully saturated rings. The van der Waals surface area contributed by atoms with Crippen molar-refractivity contribution in [3.05, 3.63) is 71.8 Å². The quantitative estimate of drug-likeness (QED) is 0.693. The molecule has 0 amide bonds. The lowest BCUT2D eigenvalue weighted by molar-refractivity contribution is 0.343. The van der Waals surface area contributed by atoms with Gasteiger partial charge in [-0.05, 0) is 49.1 Å². The third-order valence-corrected chi connectivity index (χ3v) is 5.38. The summed E-state index contributed by atoms with van der Waals surface area (Å²) < 4.78 is 5.68. The van der Waals surface area contributed by atoms with Crippen LogP contribution in [0.15, 0.2) is 60.7 Å². The Morgan fingerprint density at radius 1 is 0.818 bits per heavy atom. The Kier molecular flexibility index (Phi) is 3.99. The van der Waals surface area contributed by atoms with Crippen LogP contribution in [0.4, 0.5) is 0 Å². The maximum absolute atomic E-state index is 5.68. The maximum atomic E-state index is 5.68. The van der Waals surface area contributed by atoms with Gasteiger partial charge in [0.1, 0.15) is 0 Å². The fourth-order valence-electron chi connectivity index (χ4n) is 4.05. The predicted octanol–water partition coefficient (Wildman–Crippen LogP) is 5.17. The van der Waals surface area contributed by atoms with E-state index in [4.69, 9.17) is 4.74 Å². The molecule has 1 aliphatic carbocycles. The van der Waals surface area contributed by atoms with E-state index in [-0.39, 0.29) is 0 Å². The summed E-state index contributed by atoms with van der Waals surface area (Å²) in [5.41, 5.74) is 2.90. The average Bonchev–Trinajstić information content (AvgIpc) is 3.36. The zero-order chi connectivity index (χ0) is 14.8. The lowest BCUT2D eigenvalue weighted by Crippen LogP contribution is -2.14. The van der Waals surface area contributed by atoms with Gasteiger partial charge >= 0.3 is 0 Å². The Morgan fingerprint density at radius 3 is 2.05 bits per heavy atom. The molecule has 0 bridgehead atoms. The van der Waals surface area contributed by atoms with Gasteiger partial charge in [0, 0.05) is 5.92 Å². The Morgan fingerprint density at radius 2 is 1.45 bits per heavy atom. The van der Waals surface area contributed by atoms with Gasteiger partial charge in [-0.1, -0.05) is 60.7 Å². The van der Waals surface area contributed by atoms with E-state index < -0.39 is 0 Å². The van der Waals surface area contributed by atoms with Crippen molar-refractivity contribution in [1.29, 1.82) is 0 Å². The fourth-order valence-corrected chi connectivity index (χ4v) is 4.05. The fraction of sp³-hybridized carbons (Fsp3) is 0.429. The van der Waals surface area contributed by atoms with Crippen LogP contribution in [0.3, 0.4) is 0 Å². The summed E-state index contributed by atoms with van der Waals surface area (Å²) in [6, 6.07) is 22.0. The molecule has 114 valence electrons. The van der Waals surface area contributed by atoms with E-state index in [0.717, 1.165) is 5.92 Å². The molecule has 2 aromatic carbocycles. The summed E-state index contributed by atoms with van der Waals surface area (Å²) in [7, 11) is 0. The molecule has 2 aliphatic rings. The lowest BCUT2D eigenvalue weighted by atomic mass is 9.80. The molecule has 22 heavy (non-hydrogen) atoms. The van der Waals surface area contributed by atoms with Crippen LogP contribution in [0.5, 0.6) is 0 Å². The van der Waals surface area contributed by atoms with Crippen molar-refractivity contribution < 1.29 is 4.74 Å². The first-order valence-electron chi connectivity index (χ1n) is 8.65. The maximum Gasteiger partial charge on any atom is 0.0844 e. The first kappa shape index (κ1) is 14.0. The Hall–Kier alpha value is -1.60. The summed E-state index contributed by atoms with van der Waals surface area (Å²) in [6.07, 6.45) is 7.73. The number of epoxide rings is 1. The second-order valence-electron chi connectivity index (χ2n) is 6.84. The highest BCUT2D eigenvalue weighted by Crippen LogP contribution is 2.42. The minimum Gasteiger partial charge on any atom is -0.370 e. The van der Waals surface area contributed by atoms with Gasteiger partial charge in [-0.2, -0.15) is 0 Å². The van der Waals surface area contributed by atoms with Crippen molar-refractivity contribution in [3.63, 3.8) is 0 Å². The van der Waals surface area contributed by atoms with E-state index in [9.17, 15) is 0 Å². The third-order valence-electron chi connectivity index (χ3n) is 5.38. The van der Waals surface area contributed by atoms with Gasteiger partial charge in [-0.15, -0.1) is 0 Å². The summed E-state index contributed by atoms with van der Waals surface area (Å²) in [5.74, 6) is 1.39. The Labute approximate surface area is 133 Å². The van der Waals surface area contributed by atoms with E-state index in [2.05, 4.69) is 60.7 Å². The SMILES string of the molecule is c1ccc(C(CCC2CCC3OC3C2)c2ccccc2)cc1. The number of benzene rings is 2. The number of ether oxygens (including phenoxy) is 1. The molecule has 1 aliphatic heterocycles. The molecule has 0 N–H and O–H groups in total. The average molecular weight is 292 g/mol. The molecule has 1 saturated carbocycles. The largest absolute Gasteiger partial charge is 0.370 e. The molecule has 0 radical (unpaired) electrons. The van der Waals surface area contributed by atoms with Crippen LogP contribution in [0.1, 0.15) is 49.1 Å². The molecule has 1 heteroatoms. The highest BCUT2D eigenvalue weighted by atomic mass is 16.6. The molecule has 4 rings (SSSR count). The Balaban J connectivity index is 1.48. The highest BCUT2D eigenvalue weighted by molar-refractivity contribution is 5.32. The topological polar surface area (TPSA) is 12.5 Å². The van der Waals surface area contributed by atoms with Crippen molar-refractivity contribution in [3.8, 4) is 0 Å². The minimum atomic E-state index is 0.528. The van der Waals surface area contributed by atoms with Crippen LogP contribution in [0.25, 0.3) is 0 Å². The monoisotopic (exact) mass is 292 g/mol. The molecule has 1 heterocycles. The summed E-state index contributed by atoms with van der Waals surface area (Å²) >= 11 is 0. The van der Waals surface area contributed by atoms with Crippen molar-refractivity contribution in [1.82, 2.24) is 0 Å². The van der Waals surface area contributed by atoms with Crippen LogP contribution in [0.2, 0.25) is 0 Å². The standard InChI is InChI=1S/C21H24O/c1-3-7-17(8-4-1)19(18-9-5-2-6-10-18)13-11-16-12-14-20-21(15-16)22-20/h1-10,16,19-21H,11-15H2. The molecule has 2 aromatic rings. The van der Waals surface area contributed by atoms with Crippen LogP contribution >= 0.6 is 0 Å². The first-order valence-corrected chi connectivity index (χ1v) is 8.65. The molecule has 1 saturated heterocycles. The van der Waals surface area contributed by atoms with Gasteiger partial charge < -0.3 is 4.74 Å². The van der Waals surface area contributed by atoms with Gasteiger partial charge in [0.05, 0.1) is 12.2 Å². The van der Waals surface area contributed by atoms with Crippen molar-refractivity contribution in [2.24, 2.45) is 5.92 Å². The van der Waals surface area contributed by atoms with Crippen molar-refractivity contribution >= 4 is 0 Å². The molecule has 3 atom stereocenters. The number of hydrogen-bond donors (Lipinski definition) is 0. The van der Waals surface area contributed by atoms with E-state index in [0.29, 0.717) is 18.1 Å². The molecular weight excluding hydrogens is 268 g/mol. The highest BCUT2D eigenvalue weighted by Gasteiger charge is 2.43. The van der Waals surface area contributed by atoms with Crippen LogP contribution in [-0.4, -0.2) is 12.2 Å². The minimum absolute atomic E-state index is 0.528. The third kappa shape index (κ3) is 3.10. The summed E-state index contributed by atoms with van der Waals surface area (Å²) in [4.78, 5) is 0. The summed E-state index contributed by atoms with van der Waals surface area (Å²) in [6.45, 7) is 0. The second kappa shape index (κ2) is 6.26. The first-order chi connectivity index (χ1) is 10.9. The van der Waals surface area contributed by atoms with E-state index in [1.807, 2.05) is 0 Å². The number of rotatable bonds is 5. The number of hydrogen-bond acceptors (Lipinski definition) is 1. The smallest absolute Gasteiger partial charge is 0.0844 e. The van der Waals surface area contributed by atoms with Gasteiger partial charge in [0.15, 0.2) is 0 Å². The summed E-state index contributed by atoms with van der Waals surface area (Å²) in [5, 5.41) is 0. The second-order valence-corrected chi connectivity index (χ2v) is 6.84. The lowest BCUT2D eigenvalue weighted by Gasteiger charge is -2.23. The van der Waals surface area contributed by atoms with Gasteiger partial charge in [0.2, 0.25) is 0 Å². The zero-order valence-electron chi connectivity index (χ0n) is 13.0. The van der Waals surface area contributed by atoms with Crippen molar-refractivity contribution in [2.45, 2.75) is 50.2 Å². The van der Waals surface area contributed by atoms with Crippen molar-refractivity contribution in [2.75, 3.05) is 0 Å². The van der Waals surface area contributed by atoms with Crippen LogP contribution in [0, 0.1) is 5.92 Å². The van der Waals surface area contributed by atoms with E-state index in [1.165, 1.54) is 43.2 Å². The van der Waals surface area contributed by atoms with Gasteiger partial charge in [0.25, 0.3) is 0 Å². The number of fused-ring (bicyclic) bond motifs is 1. The Bertz CT molecular complexity index is 552. The normalized spacial score (nSPS) is 26.7. The predicted molar refractivity (Wildman–Crippen MR) is 90.0 cm³/mol. The molecule has 0 spiro atoms. The molecule has 3 unspecified atom stereocenters. The molecule has 0 aromatic heterocycles. The van der Waals surface area contributed by atoms with Crippen LogP contribution < -0.4 is 0 Å². The molecular formula is C21H24O. The molecule has 1 nitrogen and oxygen atoms in total. The van der Waals surface area contributed by atoms with Gasteiger partial charge in [-0.25, -0.2) is 0 Å². The zero-order valence-corrected chi connectivity index (χ0v) is 13.0. The van der Waals surface area contributed by atoms with Gasteiger partial charge in [-0.3, -0.25) is 0 Å². The van der Waals surface area contributed by atoms with Crippen LogP contribution in [-0.2, 0) is 4.74 Å².